The third-order valence-corrected chi connectivity index (χ3v) is 6.57. The minimum Gasteiger partial charge on any atom is -0.395 e. The number of piperazine rings is 1. The number of nitrogens with zero attached hydrogens (tertiary/aromatic N) is 3. The molecule has 0 aliphatic carbocycles. The van der Waals surface area contributed by atoms with Gasteiger partial charge >= 0.3 is 0 Å². The summed E-state index contributed by atoms with van der Waals surface area (Å²) < 4.78 is 3.17. The maximum Gasteiger partial charge on any atom is 0.298 e. The van der Waals surface area contributed by atoms with Crippen LogP contribution in [0, 0.1) is 0 Å². The Kier molecular flexibility index (Phi) is 6.19. The molecule has 3 rings (SSSR count). The van der Waals surface area contributed by atoms with E-state index in [1.165, 1.54) is 11.9 Å². The monoisotopic (exact) mass is 394 g/mol. The lowest BCUT2D eigenvalue weighted by Crippen LogP contribution is -2.44. The Morgan fingerprint density at radius 2 is 2.04 bits per heavy atom. The van der Waals surface area contributed by atoms with Gasteiger partial charge in [-0.15, -0.1) is 11.3 Å². The summed E-state index contributed by atoms with van der Waals surface area (Å²) in [5.41, 5.74) is 1.81. The highest BCUT2D eigenvalue weighted by Crippen LogP contribution is 2.32. The van der Waals surface area contributed by atoms with Gasteiger partial charge in [0.05, 0.1) is 21.8 Å². The van der Waals surface area contributed by atoms with Gasteiger partial charge in [0.1, 0.15) is 0 Å². The first-order valence-corrected chi connectivity index (χ1v) is 10.4. The average Bonchev–Trinajstić information content (AvgIpc) is 3.00. The van der Waals surface area contributed by atoms with Gasteiger partial charge in [0, 0.05) is 55.8 Å². The van der Waals surface area contributed by atoms with Gasteiger partial charge in [0.15, 0.2) is 0 Å². The Labute approximate surface area is 162 Å². The summed E-state index contributed by atoms with van der Waals surface area (Å²) in [6.07, 6.45) is 0. The van der Waals surface area contributed by atoms with E-state index in [9.17, 15) is 4.79 Å². The van der Waals surface area contributed by atoms with Gasteiger partial charge in [-0.2, -0.15) is 0 Å². The molecule has 1 aliphatic heterocycles. The minimum atomic E-state index is -0.0690. The molecule has 2 N–H and O–H groups in total. The van der Waals surface area contributed by atoms with Crippen LogP contribution in [0.25, 0.3) is 10.2 Å². The van der Waals surface area contributed by atoms with Gasteiger partial charge < -0.3 is 10.4 Å². The van der Waals surface area contributed by atoms with E-state index in [0.29, 0.717) is 6.54 Å². The summed E-state index contributed by atoms with van der Waals surface area (Å²) in [6, 6.07) is 5.88. The lowest BCUT2D eigenvalue weighted by atomic mass is 9.98. The first kappa shape index (κ1) is 19.6. The van der Waals surface area contributed by atoms with Crippen molar-refractivity contribution in [3.8, 4) is 0 Å². The molecule has 26 heavy (non-hydrogen) atoms. The molecule has 1 aromatic carbocycles. The van der Waals surface area contributed by atoms with Crippen molar-refractivity contribution in [3.05, 3.63) is 23.2 Å². The van der Waals surface area contributed by atoms with Crippen LogP contribution in [0.15, 0.2) is 18.2 Å². The molecule has 0 saturated carbocycles. The summed E-state index contributed by atoms with van der Waals surface area (Å²) in [5, 5.41) is 13.0. The van der Waals surface area contributed by atoms with Crippen molar-refractivity contribution in [1.82, 2.24) is 14.2 Å². The van der Waals surface area contributed by atoms with Crippen LogP contribution >= 0.6 is 23.3 Å². The fourth-order valence-electron chi connectivity index (χ4n) is 2.77. The highest BCUT2D eigenvalue weighted by atomic mass is 32.2. The molecule has 1 fully saturated rings. The van der Waals surface area contributed by atoms with Gasteiger partial charge in [0.25, 0.3) is 5.24 Å². The van der Waals surface area contributed by atoms with Gasteiger partial charge in [0.2, 0.25) is 0 Å². The molecule has 2 heterocycles. The van der Waals surface area contributed by atoms with E-state index in [2.05, 4.69) is 40.3 Å². The Hall–Kier alpha value is -1.19. The maximum atomic E-state index is 12.3. The molecule has 0 atom stereocenters. The smallest absolute Gasteiger partial charge is 0.298 e. The number of aliphatic hydroxyl groups excluding tert-OH is 1. The molecule has 8 heteroatoms. The largest absolute Gasteiger partial charge is 0.395 e. The fraction of sp³-hybridized carbons (Fsp3) is 0.556. The zero-order chi connectivity index (χ0) is 18.7. The lowest BCUT2D eigenvalue weighted by molar-refractivity contribution is 0.156. The standard InChI is InChI=1S/C18H26N4O2S2/c1-18(2,3)16-20-14-5-4-13(12-15(14)25-16)19-17(24)26-22-8-6-21(7-9-22)10-11-23/h4-5,12,23H,6-11H2,1-3H3,(H,19,24). The second-order valence-electron chi connectivity index (χ2n) is 7.45. The van der Waals surface area contributed by atoms with E-state index in [-0.39, 0.29) is 17.3 Å². The Morgan fingerprint density at radius 1 is 1.31 bits per heavy atom. The summed E-state index contributed by atoms with van der Waals surface area (Å²) >= 11 is 2.91. The number of aliphatic hydroxyl groups is 1. The predicted octanol–water partition coefficient (Wildman–Crippen LogP) is 3.38. The van der Waals surface area contributed by atoms with Crippen LogP contribution < -0.4 is 5.32 Å². The second kappa shape index (κ2) is 8.22. The Bertz CT molecular complexity index is 764. The van der Waals surface area contributed by atoms with Gasteiger partial charge in [-0.05, 0) is 18.2 Å². The minimum absolute atomic E-state index is 0.0289. The highest BCUT2D eigenvalue weighted by Gasteiger charge is 2.21. The van der Waals surface area contributed by atoms with Gasteiger partial charge in [-0.3, -0.25) is 9.69 Å². The van der Waals surface area contributed by atoms with Crippen LogP contribution in [0.4, 0.5) is 10.5 Å². The van der Waals surface area contributed by atoms with Crippen molar-refractivity contribution in [2.24, 2.45) is 0 Å². The van der Waals surface area contributed by atoms with Crippen LogP contribution in [-0.4, -0.2) is 63.9 Å². The number of amides is 1. The van der Waals surface area contributed by atoms with Crippen LogP contribution in [0.2, 0.25) is 0 Å². The first-order chi connectivity index (χ1) is 12.3. The number of hydrogen-bond acceptors (Lipinski definition) is 7. The summed E-state index contributed by atoms with van der Waals surface area (Å²) in [7, 11) is 0. The molecule has 2 aromatic rings. The van der Waals surface area contributed by atoms with Crippen molar-refractivity contribution in [1.29, 1.82) is 0 Å². The number of carbonyl (C=O) groups is 1. The van der Waals surface area contributed by atoms with E-state index >= 15 is 0 Å². The number of fused-ring (bicyclic) bond motifs is 1. The number of carbonyl (C=O) groups excluding carboxylic acids is 1. The van der Waals surface area contributed by atoms with Crippen LogP contribution in [-0.2, 0) is 5.41 Å². The number of aromatic nitrogens is 1. The second-order valence-corrected chi connectivity index (χ2v) is 9.55. The van der Waals surface area contributed by atoms with Crippen molar-refractivity contribution in [2.75, 3.05) is 44.6 Å². The molecule has 1 saturated heterocycles. The first-order valence-electron chi connectivity index (χ1n) is 8.83. The molecule has 0 radical (unpaired) electrons. The van der Waals surface area contributed by atoms with Gasteiger partial charge in [-0.25, -0.2) is 9.29 Å². The number of rotatable bonds is 4. The van der Waals surface area contributed by atoms with Crippen molar-refractivity contribution >= 4 is 44.4 Å². The summed E-state index contributed by atoms with van der Waals surface area (Å²) in [6.45, 7) is 10.8. The van der Waals surface area contributed by atoms with Crippen molar-refractivity contribution in [3.63, 3.8) is 0 Å². The molecular formula is C18H26N4O2S2. The van der Waals surface area contributed by atoms with E-state index < -0.39 is 0 Å². The quantitative estimate of drug-likeness (QED) is 0.775. The van der Waals surface area contributed by atoms with Crippen LogP contribution in [0.3, 0.4) is 0 Å². The molecule has 0 bridgehead atoms. The Balaban J connectivity index is 1.57. The van der Waals surface area contributed by atoms with Crippen molar-refractivity contribution < 1.29 is 9.90 Å². The van der Waals surface area contributed by atoms with E-state index in [4.69, 9.17) is 5.11 Å². The van der Waals surface area contributed by atoms with Crippen LogP contribution in [0.5, 0.6) is 0 Å². The predicted molar refractivity (Wildman–Crippen MR) is 110 cm³/mol. The molecular weight excluding hydrogens is 368 g/mol. The highest BCUT2D eigenvalue weighted by molar-refractivity contribution is 8.11. The van der Waals surface area contributed by atoms with E-state index in [0.717, 1.165) is 47.1 Å². The summed E-state index contributed by atoms with van der Waals surface area (Å²) in [5.74, 6) is 0. The van der Waals surface area contributed by atoms with Gasteiger partial charge in [-0.1, -0.05) is 20.8 Å². The van der Waals surface area contributed by atoms with E-state index in [1.807, 2.05) is 18.2 Å². The maximum absolute atomic E-state index is 12.3. The zero-order valence-electron chi connectivity index (χ0n) is 15.5. The Morgan fingerprint density at radius 3 is 2.69 bits per heavy atom. The lowest BCUT2D eigenvalue weighted by Gasteiger charge is -2.32. The molecule has 0 unspecified atom stereocenters. The van der Waals surface area contributed by atoms with Crippen molar-refractivity contribution in [2.45, 2.75) is 26.2 Å². The molecule has 1 aromatic heterocycles. The third-order valence-electron chi connectivity index (χ3n) is 4.24. The number of nitrogens with one attached hydrogen (secondary N) is 1. The normalized spacial score (nSPS) is 16.9. The number of benzene rings is 1. The van der Waals surface area contributed by atoms with Crippen LogP contribution in [0.1, 0.15) is 25.8 Å². The number of hydrogen-bond donors (Lipinski definition) is 2. The summed E-state index contributed by atoms with van der Waals surface area (Å²) in [4.78, 5) is 19.2. The molecule has 1 aliphatic rings. The molecule has 0 spiro atoms. The number of thiazole rings is 1. The SMILES string of the molecule is CC(C)(C)c1nc2ccc(NC(=O)SN3CCN(CCO)CC3)cc2s1. The fourth-order valence-corrected chi connectivity index (χ4v) is 4.57. The number of anilines is 1. The molecule has 6 nitrogen and oxygen atoms in total. The third kappa shape index (κ3) is 4.95. The van der Waals surface area contributed by atoms with E-state index in [1.54, 1.807) is 11.3 Å². The zero-order valence-corrected chi connectivity index (χ0v) is 17.1. The number of β-amino-alcohol motifs (C(OH)–C–C–N with tert-alkyl or cyclic N) is 1. The molecule has 142 valence electrons. The average molecular weight is 395 g/mol. The molecule has 1 amide bonds. The topological polar surface area (TPSA) is 68.7 Å².